The van der Waals surface area contributed by atoms with Crippen LogP contribution >= 0.6 is 0 Å². The molecule has 0 saturated carbocycles. The molecule has 0 atom stereocenters. The van der Waals surface area contributed by atoms with Gasteiger partial charge in [0.1, 0.15) is 0 Å². The molecule has 1 aromatic carbocycles. The SMILES string of the molecule is C=Cc1cccc(C[B-](F)(F)F)c1.[K+]. The number of benzene rings is 1. The summed E-state index contributed by atoms with van der Waals surface area (Å²) in [6, 6.07) is 6.30. The van der Waals surface area contributed by atoms with Gasteiger partial charge in [0.2, 0.25) is 0 Å². The first-order chi connectivity index (χ1) is 6.01. The van der Waals surface area contributed by atoms with Crippen molar-refractivity contribution in [2.75, 3.05) is 0 Å². The largest absolute Gasteiger partial charge is 1.00 e. The van der Waals surface area contributed by atoms with Crippen LogP contribution in [0.3, 0.4) is 0 Å². The molecule has 0 spiro atoms. The summed E-state index contributed by atoms with van der Waals surface area (Å²) in [6.45, 7) is -1.24. The van der Waals surface area contributed by atoms with E-state index in [9.17, 15) is 12.9 Å². The summed E-state index contributed by atoms with van der Waals surface area (Å²) < 4.78 is 36.0. The molecule has 0 aliphatic rings. The van der Waals surface area contributed by atoms with Crippen LogP contribution in [0.5, 0.6) is 0 Å². The Bertz CT molecular complexity index is 309. The van der Waals surface area contributed by atoms with E-state index in [0.717, 1.165) is 5.56 Å². The second-order valence-corrected chi connectivity index (χ2v) is 2.86. The minimum Gasteiger partial charge on any atom is -0.449 e. The topological polar surface area (TPSA) is 0 Å². The molecule has 0 aromatic heterocycles. The Morgan fingerprint density at radius 2 is 1.93 bits per heavy atom. The van der Waals surface area contributed by atoms with Crippen LogP contribution in [0.1, 0.15) is 11.1 Å². The van der Waals surface area contributed by atoms with Crippen LogP contribution in [-0.4, -0.2) is 6.98 Å². The molecule has 0 amide bonds. The van der Waals surface area contributed by atoms with Gasteiger partial charge < -0.3 is 12.9 Å². The summed E-state index contributed by atoms with van der Waals surface area (Å²) in [6.07, 6.45) is 0.717. The van der Waals surface area contributed by atoms with Crippen LogP contribution in [0.15, 0.2) is 30.8 Å². The zero-order valence-electron chi connectivity index (χ0n) is 8.01. The maximum Gasteiger partial charge on any atom is 1.00 e. The van der Waals surface area contributed by atoms with Gasteiger partial charge in [0, 0.05) is 0 Å². The van der Waals surface area contributed by atoms with Crippen molar-refractivity contribution in [1.82, 2.24) is 0 Å². The van der Waals surface area contributed by atoms with Crippen molar-refractivity contribution in [2.24, 2.45) is 0 Å². The van der Waals surface area contributed by atoms with Crippen molar-refractivity contribution >= 4 is 13.1 Å². The Hall–Kier alpha value is 0.451. The Labute approximate surface area is 124 Å². The van der Waals surface area contributed by atoms with Crippen molar-refractivity contribution in [3.05, 3.63) is 42.0 Å². The van der Waals surface area contributed by atoms with Crippen LogP contribution in [0.4, 0.5) is 12.9 Å². The Morgan fingerprint density at radius 1 is 1.29 bits per heavy atom. The summed E-state index contributed by atoms with van der Waals surface area (Å²) in [7, 11) is 0. The third-order valence-corrected chi connectivity index (χ3v) is 1.65. The molecule has 0 unspecified atom stereocenters. The van der Waals surface area contributed by atoms with Gasteiger partial charge in [-0.15, -0.1) is 0 Å². The number of hydrogen-bond acceptors (Lipinski definition) is 0. The van der Waals surface area contributed by atoms with Crippen molar-refractivity contribution < 1.29 is 64.3 Å². The summed E-state index contributed by atoms with van der Waals surface area (Å²) >= 11 is 0. The van der Waals surface area contributed by atoms with Gasteiger partial charge >= 0.3 is 58.4 Å². The molecule has 70 valence electrons. The van der Waals surface area contributed by atoms with E-state index in [1.54, 1.807) is 12.1 Å². The second kappa shape index (κ2) is 6.13. The molecule has 14 heavy (non-hydrogen) atoms. The van der Waals surface area contributed by atoms with Crippen molar-refractivity contribution in [3.8, 4) is 0 Å². The van der Waals surface area contributed by atoms with Gasteiger partial charge in [-0.2, -0.15) is 0 Å². The van der Waals surface area contributed by atoms with E-state index < -0.39 is 13.3 Å². The van der Waals surface area contributed by atoms with E-state index in [1.165, 1.54) is 18.2 Å². The van der Waals surface area contributed by atoms with E-state index in [-0.39, 0.29) is 51.4 Å². The van der Waals surface area contributed by atoms with Gasteiger partial charge in [0.05, 0.1) is 0 Å². The van der Waals surface area contributed by atoms with Gasteiger partial charge in [-0.1, -0.05) is 48.8 Å². The molecular formula is C9H9BF3K. The molecule has 0 fully saturated rings. The third kappa shape index (κ3) is 5.36. The molecule has 0 saturated heterocycles. The number of halogens is 3. The van der Waals surface area contributed by atoms with Crippen LogP contribution in [0.2, 0.25) is 0 Å². The predicted molar refractivity (Wildman–Crippen MR) is 49.3 cm³/mol. The molecule has 0 N–H and O–H groups in total. The standard InChI is InChI=1S/C9H9BF3.K/c1-2-8-4-3-5-9(6-8)7-10(11,12)13;/h2-6H,1,7H2;/q-1;+1. The molecule has 1 rings (SSSR count). The molecular weight excluding hydrogens is 215 g/mol. The van der Waals surface area contributed by atoms with Crippen molar-refractivity contribution in [3.63, 3.8) is 0 Å². The fourth-order valence-corrected chi connectivity index (χ4v) is 1.11. The van der Waals surface area contributed by atoms with E-state index in [2.05, 4.69) is 6.58 Å². The zero-order chi connectivity index (χ0) is 9.90. The number of rotatable bonds is 3. The molecule has 5 heteroatoms. The van der Waals surface area contributed by atoms with Gasteiger partial charge in [0.25, 0.3) is 0 Å². The summed E-state index contributed by atoms with van der Waals surface area (Å²) in [5, 5.41) is 0. The molecule has 0 aliphatic carbocycles. The Balaban J connectivity index is 0.00000169. The van der Waals surface area contributed by atoms with E-state index in [1.807, 2.05) is 0 Å². The van der Waals surface area contributed by atoms with E-state index >= 15 is 0 Å². The van der Waals surface area contributed by atoms with Gasteiger partial charge in [-0.25, -0.2) is 0 Å². The second-order valence-electron chi connectivity index (χ2n) is 2.86. The van der Waals surface area contributed by atoms with Crippen LogP contribution in [-0.2, 0) is 6.32 Å². The minimum atomic E-state index is -4.74. The molecule has 0 aliphatic heterocycles. The van der Waals surface area contributed by atoms with Crippen LogP contribution in [0, 0.1) is 0 Å². The predicted octanol–water partition coefficient (Wildman–Crippen LogP) is 0.263. The first kappa shape index (κ1) is 14.5. The quantitative estimate of drug-likeness (QED) is 0.646. The Kier molecular flexibility index (Phi) is 6.32. The summed E-state index contributed by atoms with van der Waals surface area (Å²) in [5.74, 6) is 0. The van der Waals surface area contributed by atoms with Crippen LogP contribution in [0.25, 0.3) is 6.08 Å². The van der Waals surface area contributed by atoms with Crippen molar-refractivity contribution in [2.45, 2.75) is 6.32 Å². The van der Waals surface area contributed by atoms with Gasteiger partial charge in [0.15, 0.2) is 0 Å². The average Bonchev–Trinajstić information content (AvgIpc) is 2.01. The first-order valence-electron chi connectivity index (χ1n) is 3.93. The molecule has 0 heterocycles. The molecule has 0 nitrogen and oxygen atoms in total. The first-order valence-corrected chi connectivity index (χ1v) is 3.93. The summed E-state index contributed by atoms with van der Waals surface area (Å²) in [4.78, 5) is 0. The van der Waals surface area contributed by atoms with Crippen LogP contribution < -0.4 is 51.4 Å². The fraction of sp³-hybridized carbons (Fsp3) is 0.111. The summed E-state index contributed by atoms with van der Waals surface area (Å²) in [5.41, 5.74) is 1.02. The van der Waals surface area contributed by atoms with Crippen molar-refractivity contribution in [1.29, 1.82) is 0 Å². The average molecular weight is 224 g/mol. The Morgan fingerprint density at radius 3 is 2.43 bits per heavy atom. The molecule has 1 aromatic rings. The zero-order valence-corrected chi connectivity index (χ0v) is 11.1. The minimum absolute atomic E-state index is 0. The monoisotopic (exact) mass is 224 g/mol. The maximum absolute atomic E-state index is 12.0. The van der Waals surface area contributed by atoms with E-state index in [4.69, 9.17) is 0 Å². The normalized spacial score (nSPS) is 10.5. The third-order valence-electron chi connectivity index (χ3n) is 1.65. The number of hydrogen-bond donors (Lipinski definition) is 0. The van der Waals surface area contributed by atoms with E-state index in [0.29, 0.717) is 5.56 Å². The van der Waals surface area contributed by atoms with Gasteiger partial charge in [-0.3, -0.25) is 0 Å². The maximum atomic E-state index is 12.0. The molecule has 0 bridgehead atoms. The fourth-order valence-electron chi connectivity index (χ4n) is 1.11. The molecule has 0 radical (unpaired) electrons. The smallest absolute Gasteiger partial charge is 0.449 e. The van der Waals surface area contributed by atoms with Gasteiger partial charge in [-0.05, 0) is 5.56 Å².